The Morgan fingerprint density at radius 1 is 1.32 bits per heavy atom. The number of fused-ring (bicyclic) bond motifs is 1. The average Bonchev–Trinajstić information content (AvgIpc) is 3.01. The van der Waals surface area contributed by atoms with Gasteiger partial charge in [-0.1, -0.05) is 34.9 Å². The van der Waals surface area contributed by atoms with E-state index < -0.39 is 0 Å². The molecule has 0 aliphatic carbocycles. The Kier molecular flexibility index (Phi) is 3.63. The summed E-state index contributed by atoms with van der Waals surface area (Å²) in [7, 11) is 0. The van der Waals surface area contributed by atoms with Crippen LogP contribution in [0.5, 0.6) is 0 Å². The highest BCUT2D eigenvalue weighted by Gasteiger charge is 2.09. The van der Waals surface area contributed by atoms with Gasteiger partial charge in [0.25, 0.3) is 0 Å². The number of nitrogens with zero attached hydrogens (tertiary/aromatic N) is 3. The number of aromatic nitrogens is 3. The molecule has 0 saturated heterocycles. The van der Waals surface area contributed by atoms with E-state index in [2.05, 4.69) is 15.2 Å². The third-order valence-electron chi connectivity index (χ3n) is 2.34. The van der Waals surface area contributed by atoms with Gasteiger partial charge < -0.3 is 10.2 Å². The monoisotopic (exact) mass is 310 g/mol. The second-order valence-corrected chi connectivity index (χ2v) is 6.91. The van der Waals surface area contributed by atoms with Crippen molar-refractivity contribution in [3.8, 4) is 0 Å². The quantitative estimate of drug-likeness (QED) is 0.585. The van der Waals surface area contributed by atoms with Gasteiger partial charge in [-0.3, -0.25) is 0 Å². The van der Waals surface area contributed by atoms with Crippen LogP contribution in [0.15, 0.2) is 31.3 Å². The zero-order valence-corrected chi connectivity index (χ0v) is 12.4. The van der Waals surface area contributed by atoms with Crippen molar-refractivity contribution in [1.82, 2.24) is 15.2 Å². The van der Waals surface area contributed by atoms with Gasteiger partial charge in [-0.15, -0.1) is 10.2 Å². The van der Waals surface area contributed by atoms with Crippen molar-refractivity contribution in [2.24, 2.45) is 0 Å². The minimum atomic E-state index is 0.637. The summed E-state index contributed by atoms with van der Waals surface area (Å²) in [6.45, 7) is 0. The molecular formula is C11H10N4OS3. The molecule has 0 amide bonds. The zero-order chi connectivity index (χ0) is 13.2. The van der Waals surface area contributed by atoms with E-state index in [1.807, 2.05) is 18.4 Å². The standard InChI is InChI=1S/C11H10N4OS3/c1-17-10-14-15-11(19-10)18-5-9-13-7-3-2-6(12)4-8(7)16-9/h2-4H,5,12H2,1H3. The van der Waals surface area contributed by atoms with Crippen LogP contribution in [0.3, 0.4) is 0 Å². The molecule has 0 saturated carbocycles. The predicted molar refractivity (Wildman–Crippen MR) is 79.7 cm³/mol. The Morgan fingerprint density at radius 2 is 2.16 bits per heavy atom. The Bertz CT molecular complexity index is 709. The molecule has 0 spiro atoms. The molecule has 1 aromatic carbocycles. The third kappa shape index (κ3) is 2.85. The van der Waals surface area contributed by atoms with Gasteiger partial charge in [-0.2, -0.15) is 0 Å². The Labute approximate surface area is 122 Å². The fraction of sp³-hybridized carbons (Fsp3) is 0.182. The second-order valence-electron chi connectivity index (χ2n) is 3.66. The summed E-state index contributed by atoms with van der Waals surface area (Å²) in [4.78, 5) is 4.40. The molecule has 0 aliphatic rings. The van der Waals surface area contributed by atoms with Crippen molar-refractivity contribution in [2.75, 3.05) is 12.0 Å². The number of anilines is 1. The molecule has 0 radical (unpaired) electrons. The number of hydrogen-bond donors (Lipinski definition) is 1. The van der Waals surface area contributed by atoms with E-state index in [0.29, 0.717) is 17.3 Å². The normalized spacial score (nSPS) is 11.2. The smallest absolute Gasteiger partial charge is 0.205 e. The maximum atomic E-state index is 5.70. The minimum absolute atomic E-state index is 0.637. The highest BCUT2D eigenvalue weighted by molar-refractivity contribution is 8.02. The van der Waals surface area contributed by atoms with Crippen molar-refractivity contribution in [3.63, 3.8) is 0 Å². The Hall–Kier alpha value is -1.25. The summed E-state index contributed by atoms with van der Waals surface area (Å²) in [5.74, 6) is 1.31. The number of thioether (sulfide) groups is 2. The lowest BCUT2D eigenvalue weighted by Gasteiger charge is -1.90. The van der Waals surface area contributed by atoms with Crippen LogP contribution >= 0.6 is 34.9 Å². The molecule has 0 unspecified atom stereocenters. The first-order valence-corrected chi connectivity index (χ1v) is 8.42. The average molecular weight is 310 g/mol. The molecule has 0 aliphatic heterocycles. The predicted octanol–water partition coefficient (Wildman–Crippen LogP) is 3.28. The number of benzene rings is 1. The SMILES string of the molecule is CSc1nnc(SCc2nc3ccc(N)cc3o2)s1. The summed E-state index contributed by atoms with van der Waals surface area (Å²) in [5.41, 5.74) is 7.93. The van der Waals surface area contributed by atoms with Gasteiger partial charge >= 0.3 is 0 Å². The van der Waals surface area contributed by atoms with Crippen LogP contribution in [0.1, 0.15) is 5.89 Å². The molecule has 8 heteroatoms. The van der Waals surface area contributed by atoms with Gasteiger partial charge in [0.15, 0.2) is 14.3 Å². The Morgan fingerprint density at radius 3 is 2.95 bits per heavy atom. The minimum Gasteiger partial charge on any atom is -0.440 e. The van der Waals surface area contributed by atoms with E-state index >= 15 is 0 Å². The number of rotatable bonds is 4. The van der Waals surface area contributed by atoms with E-state index in [1.54, 1.807) is 40.9 Å². The van der Waals surface area contributed by atoms with Gasteiger partial charge in [0.1, 0.15) is 5.52 Å². The van der Waals surface area contributed by atoms with Crippen LogP contribution in [0.2, 0.25) is 0 Å². The van der Waals surface area contributed by atoms with Crippen LogP contribution in [-0.4, -0.2) is 21.4 Å². The lowest BCUT2D eigenvalue weighted by Crippen LogP contribution is -1.81. The van der Waals surface area contributed by atoms with E-state index in [4.69, 9.17) is 10.2 Å². The van der Waals surface area contributed by atoms with Crippen molar-refractivity contribution in [3.05, 3.63) is 24.1 Å². The van der Waals surface area contributed by atoms with E-state index in [-0.39, 0.29) is 0 Å². The largest absolute Gasteiger partial charge is 0.440 e. The molecule has 2 heterocycles. The van der Waals surface area contributed by atoms with Crippen molar-refractivity contribution >= 4 is 51.6 Å². The van der Waals surface area contributed by atoms with Gasteiger partial charge in [-0.05, 0) is 18.4 Å². The van der Waals surface area contributed by atoms with Crippen molar-refractivity contribution < 1.29 is 4.42 Å². The molecule has 3 rings (SSSR count). The van der Waals surface area contributed by atoms with E-state index in [1.165, 1.54) is 0 Å². The fourth-order valence-corrected chi connectivity index (χ4v) is 3.79. The van der Waals surface area contributed by atoms with Crippen molar-refractivity contribution in [2.45, 2.75) is 14.4 Å². The molecule has 98 valence electrons. The first kappa shape index (κ1) is 12.8. The summed E-state index contributed by atoms with van der Waals surface area (Å²) >= 11 is 4.74. The van der Waals surface area contributed by atoms with Gasteiger partial charge in [0.05, 0.1) is 5.75 Å². The fourth-order valence-electron chi connectivity index (χ4n) is 1.51. The highest BCUT2D eigenvalue weighted by atomic mass is 32.2. The molecular weight excluding hydrogens is 300 g/mol. The van der Waals surface area contributed by atoms with Gasteiger partial charge in [-0.25, -0.2) is 4.98 Å². The Balaban J connectivity index is 1.74. The molecule has 3 aromatic rings. The molecule has 19 heavy (non-hydrogen) atoms. The van der Waals surface area contributed by atoms with E-state index in [9.17, 15) is 0 Å². The number of oxazole rings is 1. The molecule has 2 N–H and O–H groups in total. The van der Waals surface area contributed by atoms with Gasteiger partial charge in [0.2, 0.25) is 5.89 Å². The van der Waals surface area contributed by atoms with Crippen LogP contribution in [0.25, 0.3) is 11.1 Å². The zero-order valence-electron chi connectivity index (χ0n) is 9.99. The van der Waals surface area contributed by atoms with Crippen LogP contribution < -0.4 is 5.73 Å². The molecule has 2 aromatic heterocycles. The molecule has 0 atom stereocenters. The van der Waals surface area contributed by atoms with E-state index in [0.717, 1.165) is 19.8 Å². The maximum Gasteiger partial charge on any atom is 0.205 e. The summed E-state index contributed by atoms with van der Waals surface area (Å²) in [6.07, 6.45) is 1.99. The lowest BCUT2D eigenvalue weighted by molar-refractivity contribution is 0.556. The first-order valence-electron chi connectivity index (χ1n) is 5.40. The third-order valence-corrected chi connectivity index (χ3v) is 5.36. The first-order chi connectivity index (χ1) is 9.24. The van der Waals surface area contributed by atoms with Crippen molar-refractivity contribution in [1.29, 1.82) is 0 Å². The number of nitrogens with two attached hydrogens (primary N) is 1. The second kappa shape index (κ2) is 5.40. The van der Waals surface area contributed by atoms with Crippen LogP contribution in [0.4, 0.5) is 5.69 Å². The lowest BCUT2D eigenvalue weighted by atomic mass is 10.3. The summed E-state index contributed by atoms with van der Waals surface area (Å²) < 4.78 is 7.53. The maximum absolute atomic E-state index is 5.70. The summed E-state index contributed by atoms with van der Waals surface area (Å²) in [6, 6.07) is 5.46. The van der Waals surface area contributed by atoms with Gasteiger partial charge in [0, 0.05) is 11.8 Å². The molecule has 0 fully saturated rings. The summed E-state index contributed by atoms with van der Waals surface area (Å²) in [5, 5.41) is 8.14. The van der Waals surface area contributed by atoms with Crippen LogP contribution in [-0.2, 0) is 5.75 Å². The molecule has 0 bridgehead atoms. The number of nitrogen functional groups attached to an aromatic ring is 1. The highest BCUT2D eigenvalue weighted by Crippen LogP contribution is 2.30. The number of hydrogen-bond acceptors (Lipinski definition) is 8. The topological polar surface area (TPSA) is 77.8 Å². The van der Waals surface area contributed by atoms with Crippen LogP contribution in [0, 0.1) is 0 Å². The molecule has 5 nitrogen and oxygen atoms in total.